The van der Waals surface area contributed by atoms with Gasteiger partial charge < -0.3 is 0 Å². The van der Waals surface area contributed by atoms with Crippen LogP contribution in [0, 0.1) is 0 Å². The van der Waals surface area contributed by atoms with Gasteiger partial charge >= 0.3 is 0 Å². The molecule has 1 aliphatic carbocycles. The van der Waals surface area contributed by atoms with Gasteiger partial charge in [-0.15, -0.1) is 0 Å². The van der Waals surface area contributed by atoms with Crippen molar-refractivity contribution in [3.63, 3.8) is 0 Å². The van der Waals surface area contributed by atoms with E-state index in [0.29, 0.717) is 0 Å². The molecule has 1 rings (SSSR count). The van der Waals surface area contributed by atoms with Crippen molar-refractivity contribution in [1.29, 1.82) is 0 Å². The van der Waals surface area contributed by atoms with Crippen LogP contribution in [0.2, 0.25) is 0 Å². The number of hydrogen-bond donors (Lipinski definition) is 0. The summed E-state index contributed by atoms with van der Waals surface area (Å²) in [6.07, 6.45) is 26.6. The average molecular weight is 341 g/mol. The van der Waals surface area contributed by atoms with E-state index in [2.05, 4.69) is 67.4 Å². The Morgan fingerprint density at radius 2 is 2.00 bits per heavy atom. The summed E-state index contributed by atoms with van der Waals surface area (Å²) in [6.45, 7) is 6.54. The summed E-state index contributed by atoms with van der Waals surface area (Å²) in [5, 5.41) is 9.02. The molecule has 0 saturated heterocycles. The molecule has 0 aromatic rings. The first-order valence-electron chi connectivity index (χ1n) is 10.1. The van der Waals surface area contributed by atoms with E-state index in [1.807, 2.05) is 6.21 Å². The fraction of sp³-hybridized carbons (Fsp3) is 0.565. The predicted molar refractivity (Wildman–Crippen MR) is 114 cm³/mol. The zero-order valence-corrected chi connectivity index (χ0v) is 16.5. The quantitative estimate of drug-likeness (QED) is 0.153. The van der Waals surface area contributed by atoms with Crippen molar-refractivity contribution in [3.8, 4) is 0 Å². The van der Waals surface area contributed by atoms with Gasteiger partial charge in [-0.3, -0.25) is 0 Å². The first kappa shape index (κ1) is 21.3. The highest BCUT2D eigenvalue weighted by Crippen LogP contribution is 2.15. The summed E-state index contributed by atoms with van der Waals surface area (Å²) in [5.41, 5.74) is 3.79. The third-order valence-corrected chi connectivity index (χ3v) is 4.45. The Labute approximate surface area is 155 Å². The Morgan fingerprint density at radius 3 is 2.68 bits per heavy atom. The van der Waals surface area contributed by atoms with Crippen LogP contribution in [0.3, 0.4) is 0 Å². The van der Waals surface area contributed by atoms with Crippen LogP contribution in [-0.2, 0) is 0 Å². The van der Waals surface area contributed by atoms with Crippen molar-refractivity contribution in [2.75, 3.05) is 0 Å². The molecule has 0 bridgehead atoms. The lowest BCUT2D eigenvalue weighted by Gasteiger charge is -2.08. The Kier molecular flexibility index (Phi) is 12.5. The number of rotatable bonds is 12. The van der Waals surface area contributed by atoms with Crippen LogP contribution < -0.4 is 0 Å². The fourth-order valence-corrected chi connectivity index (χ4v) is 2.88. The maximum atomic E-state index is 4.61. The van der Waals surface area contributed by atoms with Gasteiger partial charge in [0.1, 0.15) is 0 Å². The zero-order valence-electron chi connectivity index (χ0n) is 16.5. The number of hydrogen-bond acceptors (Lipinski definition) is 2. The molecule has 138 valence electrons. The second-order valence-electron chi connectivity index (χ2n) is 6.55. The van der Waals surface area contributed by atoms with Crippen LogP contribution in [-0.4, -0.2) is 11.9 Å². The van der Waals surface area contributed by atoms with E-state index in [9.17, 15) is 0 Å². The molecule has 2 nitrogen and oxygen atoms in total. The predicted octanol–water partition coefficient (Wildman–Crippen LogP) is 7.35. The average Bonchev–Trinajstić information content (AvgIpc) is 2.65. The molecular formula is C23H36N2. The van der Waals surface area contributed by atoms with E-state index in [4.69, 9.17) is 0 Å². The molecule has 0 aliphatic heterocycles. The highest BCUT2D eigenvalue weighted by molar-refractivity contribution is 6.00. The van der Waals surface area contributed by atoms with Crippen molar-refractivity contribution in [2.45, 2.75) is 85.0 Å². The van der Waals surface area contributed by atoms with Gasteiger partial charge in [0, 0.05) is 0 Å². The molecule has 0 aromatic heterocycles. The Bertz CT molecular complexity index is 530. The van der Waals surface area contributed by atoms with Gasteiger partial charge in [-0.2, -0.15) is 10.2 Å². The zero-order chi connectivity index (χ0) is 18.2. The second-order valence-corrected chi connectivity index (χ2v) is 6.55. The molecule has 0 heterocycles. The van der Waals surface area contributed by atoms with Gasteiger partial charge in [0.25, 0.3) is 0 Å². The summed E-state index contributed by atoms with van der Waals surface area (Å²) in [6, 6.07) is 0. The van der Waals surface area contributed by atoms with E-state index in [-0.39, 0.29) is 0 Å². The lowest BCUT2D eigenvalue weighted by molar-refractivity contribution is 0.642. The molecule has 0 unspecified atom stereocenters. The molecule has 0 N–H and O–H groups in total. The van der Waals surface area contributed by atoms with Crippen LogP contribution in [0.5, 0.6) is 0 Å². The van der Waals surface area contributed by atoms with Crippen LogP contribution in [0.4, 0.5) is 0 Å². The topological polar surface area (TPSA) is 24.7 Å². The molecule has 1 aliphatic rings. The van der Waals surface area contributed by atoms with E-state index < -0.39 is 0 Å². The van der Waals surface area contributed by atoms with Gasteiger partial charge in [-0.1, -0.05) is 76.0 Å². The fourth-order valence-electron chi connectivity index (χ4n) is 2.88. The van der Waals surface area contributed by atoms with Crippen molar-refractivity contribution in [3.05, 3.63) is 47.6 Å². The minimum Gasteiger partial charge on any atom is -0.159 e. The lowest BCUT2D eigenvalue weighted by Crippen LogP contribution is -2.03. The third kappa shape index (κ3) is 10.0. The summed E-state index contributed by atoms with van der Waals surface area (Å²) in [7, 11) is 0. The third-order valence-electron chi connectivity index (χ3n) is 4.45. The number of unbranched alkanes of at least 4 members (excludes halogenated alkanes) is 4. The van der Waals surface area contributed by atoms with Gasteiger partial charge in [-0.05, 0) is 56.6 Å². The van der Waals surface area contributed by atoms with E-state index in [1.165, 1.54) is 49.0 Å². The Balaban J connectivity index is 2.75. The monoisotopic (exact) mass is 340 g/mol. The second kappa shape index (κ2) is 14.6. The Hall–Kier alpha value is -1.70. The van der Waals surface area contributed by atoms with Crippen LogP contribution in [0.1, 0.15) is 85.0 Å². The van der Waals surface area contributed by atoms with Crippen LogP contribution in [0.15, 0.2) is 57.8 Å². The SMILES string of the molecule is CC=CC\C=C(CC)/C(CCCCCCC)=N\N=C/C1=CC=CCC1. The lowest BCUT2D eigenvalue weighted by atomic mass is 10.00. The number of nitrogens with zero attached hydrogens (tertiary/aromatic N) is 2. The minimum absolute atomic E-state index is 0.980. The molecule has 0 aromatic carbocycles. The standard InChI is InChI=1S/C23H36N2/c1-4-7-9-10-15-19-23(22(6-3)18-12-8-5-2)25-24-20-21-16-13-11-14-17-21/h5,8,11,13,16,18,20H,4,6-7,9-10,12,14-15,17,19H2,1-3H3/b8-5?,22-18-,24-20-,25-23-. The summed E-state index contributed by atoms with van der Waals surface area (Å²) in [5.74, 6) is 0. The van der Waals surface area contributed by atoms with Crippen LogP contribution in [0.25, 0.3) is 0 Å². The molecular weight excluding hydrogens is 304 g/mol. The Morgan fingerprint density at radius 1 is 1.16 bits per heavy atom. The molecule has 0 spiro atoms. The van der Waals surface area contributed by atoms with E-state index in [1.54, 1.807) is 0 Å². The highest BCUT2D eigenvalue weighted by atomic mass is 15.2. The molecule has 0 radical (unpaired) electrons. The summed E-state index contributed by atoms with van der Waals surface area (Å²) >= 11 is 0. The maximum absolute atomic E-state index is 4.61. The van der Waals surface area contributed by atoms with Crippen molar-refractivity contribution >= 4 is 11.9 Å². The van der Waals surface area contributed by atoms with Crippen molar-refractivity contribution < 1.29 is 0 Å². The smallest absolute Gasteiger partial charge is 0.0659 e. The number of allylic oxidation sites excluding steroid dienone is 8. The minimum atomic E-state index is 0.980. The summed E-state index contributed by atoms with van der Waals surface area (Å²) in [4.78, 5) is 0. The molecule has 0 fully saturated rings. The molecule has 0 atom stereocenters. The van der Waals surface area contributed by atoms with Gasteiger partial charge in [0.15, 0.2) is 0 Å². The summed E-state index contributed by atoms with van der Waals surface area (Å²) < 4.78 is 0. The van der Waals surface area contributed by atoms with Crippen molar-refractivity contribution in [1.82, 2.24) is 0 Å². The first-order chi connectivity index (χ1) is 12.3. The molecule has 2 heteroatoms. The normalized spacial score (nSPS) is 16.2. The van der Waals surface area contributed by atoms with Gasteiger partial charge in [0.2, 0.25) is 0 Å². The largest absolute Gasteiger partial charge is 0.159 e. The van der Waals surface area contributed by atoms with Crippen LogP contribution >= 0.6 is 0 Å². The molecule has 0 amide bonds. The molecule has 25 heavy (non-hydrogen) atoms. The highest BCUT2D eigenvalue weighted by Gasteiger charge is 2.05. The van der Waals surface area contributed by atoms with E-state index >= 15 is 0 Å². The first-order valence-corrected chi connectivity index (χ1v) is 10.1. The molecule has 0 saturated carbocycles. The van der Waals surface area contributed by atoms with E-state index in [0.717, 1.165) is 32.1 Å². The van der Waals surface area contributed by atoms with Gasteiger partial charge in [0.05, 0.1) is 11.9 Å². The van der Waals surface area contributed by atoms with Gasteiger partial charge in [-0.25, -0.2) is 0 Å². The van der Waals surface area contributed by atoms with Crippen molar-refractivity contribution in [2.24, 2.45) is 10.2 Å². The maximum Gasteiger partial charge on any atom is 0.0659 e.